The summed E-state index contributed by atoms with van der Waals surface area (Å²) in [5, 5.41) is -0.0820. The molecule has 0 spiro atoms. The Morgan fingerprint density at radius 3 is 3.21 bits per heavy atom. The molecule has 2 heterocycles. The van der Waals surface area contributed by atoms with Gasteiger partial charge in [-0.1, -0.05) is 0 Å². The molecule has 1 saturated heterocycles. The standard InChI is InChI=1S/C9H13ClN2O2/c10-7(5-9-11-1-2-12-9)8-6-13-3-4-14-8/h1-2,7-8H,3-6H2,(H,11,12). The lowest BCUT2D eigenvalue weighted by atomic mass is 10.2. The molecule has 1 N–H and O–H groups in total. The maximum Gasteiger partial charge on any atom is 0.107 e. The number of rotatable bonds is 3. The minimum atomic E-state index is -0.0820. The average molecular weight is 217 g/mol. The number of aromatic nitrogens is 2. The van der Waals surface area contributed by atoms with Crippen LogP contribution in [-0.2, 0) is 15.9 Å². The third kappa shape index (κ3) is 2.47. The number of hydrogen-bond donors (Lipinski definition) is 1. The van der Waals surface area contributed by atoms with Gasteiger partial charge in [-0.3, -0.25) is 0 Å². The van der Waals surface area contributed by atoms with E-state index in [1.54, 1.807) is 12.4 Å². The van der Waals surface area contributed by atoms with Crippen LogP contribution in [0.15, 0.2) is 12.4 Å². The van der Waals surface area contributed by atoms with Crippen LogP contribution < -0.4 is 0 Å². The van der Waals surface area contributed by atoms with Gasteiger partial charge in [-0.15, -0.1) is 11.6 Å². The first-order chi connectivity index (χ1) is 6.86. The summed E-state index contributed by atoms with van der Waals surface area (Å²) in [6, 6.07) is 0. The van der Waals surface area contributed by atoms with Crippen molar-refractivity contribution in [1.82, 2.24) is 9.97 Å². The molecule has 14 heavy (non-hydrogen) atoms. The zero-order valence-corrected chi connectivity index (χ0v) is 8.54. The number of nitrogens with zero attached hydrogens (tertiary/aromatic N) is 1. The molecule has 0 aliphatic carbocycles. The van der Waals surface area contributed by atoms with Gasteiger partial charge in [-0.05, 0) is 0 Å². The number of aromatic amines is 1. The first-order valence-electron chi connectivity index (χ1n) is 4.68. The number of alkyl halides is 1. The second-order valence-corrected chi connectivity index (χ2v) is 3.80. The maximum atomic E-state index is 6.19. The summed E-state index contributed by atoms with van der Waals surface area (Å²) in [7, 11) is 0. The molecule has 0 saturated carbocycles. The van der Waals surface area contributed by atoms with E-state index >= 15 is 0 Å². The van der Waals surface area contributed by atoms with Crippen molar-refractivity contribution in [3.05, 3.63) is 18.2 Å². The van der Waals surface area contributed by atoms with Gasteiger partial charge in [-0.25, -0.2) is 4.98 Å². The Labute approximate surface area is 87.6 Å². The SMILES string of the molecule is ClC(Cc1ncc[nH]1)C1COCCO1. The Bertz CT molecular complexity index is 260. The van der Waals surface area contributed by atoms with Crippen LogP contribution in [0.25, 0.3) is 0 Å². The van der Waals surface area contributed by atoms with Crippen molar-refractivity contribution in [1.29, 1.82) is 0 Å². The molecule has 0 radical (unpaired) electrons. The summed E-state index contributed by atoms with van der Waals surface area (Å²) in [6.45, 7) is 1.88. The van der Waals surface area contributed by atoms with Crippen molar-refractivity contribution < 1.29 is 9.47 Å². The third-order valence-electron chi connectivity index (χ3n) is 2.19. The molecule has 0 bridgehead atoms. The molecule has 1 aliphatic rings. The molecule has 2 unspecified atom stereocenters. The molecule has 1 aromatic rings. The van der Waals surface area contributed by atoms with Gasteiger partial charge in [0.2, 0.25) is 0 Å². The first kappa shape index (κ1) is 9.96. The van der Waals surface area contributed by atoms with Gasteiger partial charge in [-0.2, -0.15) is 0 Å². The highest BCUT2D eigenvalue weighted by Gasteiger charge is 2.23. The van der Waals surface area contributed by atoms with Crippen LogP contribution >= 0.6 is 11.6 Å². The van der Waals surface area contributed by atoms with E-state index in [-0.39, 0.29) is 11.5 Å². The van der Waals surface area contributed by atoms with Gasteiger partial charge in [0.05, 0.1) is 31.3 Å². The summed E-state index contributed by atoms with van der Waals surface area (Å²) in [6.07, 6.45) is 4.17. The smallest absolute Gasteiger partial charge is 0.107 e. The number of halogens is 1. The highest BCUT2D eigenvalue weighted by atomic mass is 35.5. The van der Waals surface area contributed by atoms with Crippen molar-refractivity contribution >= 4 is 11.6 Å². The van der Waals surface area contributed by atoms with E-state index in [0.29, 0.717) is 26.2 Å². The van der Waals surface area contributed by atoms with E-state index < -0.39 is 0 Å². The largest absolute Gasteiger partial charge is 0.376 e. The lowest BCUT2D eigenvalue weighted by molar-refractivity contribution is -0.0887. The number of H-pyrrole nitrogens is 1. The summed E-state index contributed by atoms with van der Waals surface area (Å²) in [4.78, 5) is 7.13. The number of nitrogens with one attached hydrogen (secondary N) is 1. The van der Waals surface area contributed by atoms with Crippen LogP contribution in [0.4, 0.5) is 0 Å². The van der Waals surface area contributed by atoms with Crippen molar-refractivity contribution in [2.24, 2.45) is 0 Å². The van der Waals surface area contributed by atoms with Crippen molar-refractivity contribution in [2.45, 2.75) is 17.9 Å². The fourth-order valence-corrected chi connectivity index (χ4v) is 1.73. The Morgan fingerprint density at radius 1 is 1.64 bits per heavy atom. The Kier molecular flexibility index (Phi) is 3.39. The lowest BCUT2D eigenvalue weighted by Gasteiger charge is -2.26. The second-order valence-electron chi connectivity index (χ2n) is 3.24. The maximum absolute atomic E-state index is 6.19. The first-order valence-corrected chi connectivity index (χ1v) is 5.11. The van der Waals surface area contributed by atoms with Crippen molar-refractivity contribution in [3.63, 3.8) is 0 Å². The van der Waals surface area contributed by atoms with Crippen LogP contribution in [0.2, 0.25) is 0 Å². The van der Waals surface area contributed by atoms with Crippen molar-refractivity contribution in [2.75, 3.05) is 19.8 Å². The quantitative estimate of drug-likeness (QED) is 0.767. The molecule has 0 aromatic carbocycles. The minimum absolute atomic E-state index is 0.0180. The molecule has 4 nitrogen and oxygen atoms in total. The third-order valence-corrected chi connectivity index (χ3v) is 2.62. The Morgan fingerprint density at radius 2 is 2.57 bits per heavy atom. The highest BCUT2D eigenvalue weighted by Crippen LogP contribution is 2.14. The van der Waals surface area contributed by atoms with Gasteiger partial charge >= 0.3 is 0 Å². The molecule has 1 aromatic heterocycles. The van der Waals surface area contributed by atoms with Crippen LogP contribution in [0.3, 0.4) is 0 Å². The molecular formula is C9H13ClN2O2. The summed E-state index contributed by atoms with van der Waals surface area (Å²) < 4.78 is 10.8. The van der Waals surface area contributed by atoms with E-state index in [1.807, 2.05) is 0 Å². The van der Waals surface area contributed by atoms with E-state index in [1.165, 1.54) is 0 Å². The van der Waals surface area contributed by atoms with Crippen molar-refractivity contribution in [3.8, 4) is 0 Å². The normalized spacial score (nSPS) is 24.8. The molecule has 1 fully saturated rings. The highest BCUT2D eigenvalue weighted by molar-refractivity contribution is 6.21. The summed E-state index contributed by atoms with van der Waals surface area (Å²) in [5.74, 6) is 0.888. The van der Waals surface area contributed by atoms with Crippen LogP contribution in [0.5, 0.6) is 0 Å². The zero-order chi connectivity index (χ0) is 9.80. The van der Waals surface area contributed by atoms with Gasteiger partial charge in [0.1, 0.15) is 5.82 Å². The molecule has 5 heteroatoms. The molecule has 1 aliphatic heterocycles. The Hall–Kier alpha value is -0.580. The summed E-state index contributed by atoms with van der Waals surface area (Å²) >= 11 is 6.19. The van der Waals surface area contributed by atoms with E-state index in [2.05, 4.69) is 9.97 Å². The minimum Gasteiger partial charge on any atom is -0.376 e. The predicted molar refractivity (Wildman–Crippen MR) is 52.5 cm³/mol. The average Bonchev–Trinajstić information content (AvgIpc) is 2.72. The van der Waals surface area contributed by atoms with Gasteiger partial charge < -0.3 is 14.5 Å². The molecule has 2 rings (SSSR count). The van der Waals surface area contributed by atoms with Crippen LogP contribution in [0.1, 0.15) is 5.82 Å². The van der Waals surface area contributed by atoms with E-state index in [4.69, 9.17) is 21.1 Å². The predicted octanol–water partition coefficient (Wildman–Crippen LogP) is 0.975. The molecule has 2 atom stereocenters. The fraction of sp³-hybridized carbons (Fsp3) is 0.667. The number of imidazole rings is 1. The fourth-order valence-electron chi connectivity index (χ4n) is 1.44. The molecule has 78 valence electrons. The number of ether oxygens (including phenoxy) is 2. The van der Waals surface area contributed by atoms with Gasteiger partial charge in [0, 0.05) is 18.8 Å². The van der Waals surface area contributed by atoms with E-state index in [0.717, 1.165) is 5.82 Å². The summed E-state index contributed by atoms with van der Waals surface area (Å²) in [5.41, 5.74) is 0. The van der Waals surface area contributed by atoms with E-state index in [9.17, 15) is 0 Å². The topological polar surface area (TPSA) is 47.1 Å². The van der Waals surface area contributed by atoms with Gasteiger partial charge in [0.15, 0.2) is 0 Å². The zero-order valence-electron chi connectivity index (χ0n) is 7.78. The second kappa shape index (κ2) is 4.77. The number of hydrogen-bond acceptors (Lipinski definition) is 3. The van der Waals surface area contributed by atoms with Gasteiger partial charge in [0.25, 0.3) is 0 Å². The van der Waals surface area contributed by atoms with Crippen LogP contribution in [0, 0.1) is 0 Å². The Balaban J connectivity index is 1.85. The lowest BCUT2D eigenvalue weighted by Crippen LogP contribution is -2.36. The molecule has 0 amide bonds. The molecular weight excluding hydrogens is 204 g/mol. The van der Waals surface area contributed by atoms with Crippen LogP contribution in [-0.4, -0.2) is 41.3 Å². The monoisotopic (exact) mass is 216 g/mol.